The van der Waals surface area contributed by atoms with Gasteiger partial charge in [-0.25, -0.2) is 4.98 Å². The molecule has 0 fully saturated rings. The van der Waals surface area contributed by atoms with Crippen LogP contribution >= 0.6 is 0 Å². The summed E-state index contributed by atoms with van der Waals surface area (Å²) < 4.78 is 5.20. The lowest BCUT2D eigenvalue weighted by molar-refractivity contribution is 0.359. The first-order chi connectivity index (χ1) is 4.67. The predicted octanol–water partition coefficient (Wildman–Crippen LogP) is 1.80. The summed E-state index contributed by atoms with van der Waals surface area (Å²) in [5, 5.41) is 0. The first-order valence-electron chi connectivity index (χ1n) is 3.59. The standard InChI is InChI=1S/C8H11NO/c1-8(2)3-6-7(4-8)10-5-9-6/h5H,3-4H2,1-2H3. The maximum atomic E-state index is 5.20. The molecule has 1 aromatic rings. The minimum atomic E-state index is 0.377. The second-order valence-corrected chi connectivity index (χ2v) is 3.74. The monoisotopic (exact) mass is 137 g/mol. The summed E-state index contributed by atoms with van der Waals surface area (Å²) in [6.45, 7) is 4.48. The van der Waals surface area contributed by atoms with Crippen LogP contribution in [0.15, 0.2) is 10.8 Å². The first-order valence-corrected chi connectivity index (χ1v) is 3.59. The molecule has 0 saturated carbocycles. The average Bonchev–Trinajstić information content (AvgIpc) is 2.20. The summed E-state index contributed by atoms with van der Waals surface area (Å²) in [6, 6.07) is 0. The highest BCUT2D eigenvalue weighted by atomic mass is 16.3. The highest BCUT2D eigenvalue weighted by molar-refractivity contribution is 5.17. The van der Waals surface area contributed by atoms with E-state index < -0.39 is 0 Å². The van der Waals surface area contributed by atoms with E-state index in [-0.39, 0.29) is 0 Å². The van der Waals surface area contributed by atoms with Crippen molar-refractivity contribution >= 4 is 0 Å². The highest BCUT2D eigenvalue weighted by Gasteiger charge is 2.31. The molecule has 1 heterocycles. The van der Waals surface area contributed by atoms with Gasteiger partial charge in [0.05, 0.1) is 5.69 Å². The normalized spacial score (nSPS) is 21.0. The molecule has 2 rings (SSSR count). The smallest absolute Gasteiger partial charge is 0.181 e. The molecule has 0 N–H and O–H groups in total. The van der Waals surface area contributed by atoms with E-state index in [0.717, 1.165) is 24.3 Å². The van der Waals surface area contributed by atoms with E-state index in [4.69, 9.17) is 4.42 Å². The Balaban J connectivity index is 2.37. The van der Waals surface area contributed by atoms with Crippen molar-refractivity contribution in [3.8, 4) is 0 Å². The molecule has 0 aromatic carbocycles. The van der Waals surface area contributed by atoms with Gasteiger partial charge in [0.25, 0.3) is 0 Å². The molecule has 0 radical (unpaired) electrons. The zero-order valence-electron chi connectivity index (χ0n) is 6.35. The summed E-state index contributed by atoms with van der Waals surface area (Å²) in [7, 11) is 0. The molecular formula is C8H11NO. The number of rotatable bonds is 0. The minimum absolute atomic E-state index is 0.377. The summed E-state index contributed by atoms with van der Waals surface area (Å²) in [6.07, 6.45) is 3.65. The SMILES string of the molecule is CC1(C)Cc2ncoc2C1. The van der Waals surface area contributed by atoms with Crippen LogP contribution in [0.1, 0.15) is 25.3 Å². The van der Waals surface area contributed by atoms with Gasteiger partial charge in [-0.3, -0.25) is 0 Å². The van der Waals surface area contributed by atoms with E-state index in [1.54, 1.807) is 6.39 Å². The van der Waals surface area contributed by atoms with Crippen molar-refractivity contribution in [2.45, 2.75) is 26.7 Å². The lowest BCUT2D eigenvalue weighted by Crippen LogP contribution is -2.10. The molecule has 0 spiro atoms. The van der Waals surface area contributed by atoms with Gasteiger partial charge in [-0.15, -0.1) is 0 Å². The Morgan fingerprint density at radius 3 is 3.00 bits per heavy atom. The maximum absolute atomic E-state index is 5.20. The molecule has 0 unspecified atom stereocenters. The van der Waals surface area contributed by atoms with E-state index >= 15 is 0 Å². The number of nitrogens with zero attached hydrogens (tertiary/aromatic N) is 1. The van der Waals surface area contributed by atoms with E-state index in [1.807, 2.05) is 0 Å². The third-order valence-corrected chi connectivity index (χ3v) is 2.01. The Morgan fingerprint density at radius 1 is 1.50 bits per heavy atom. The van der Waals surface area contributed by atoms with E-state index in [2.05, 4.69) is 18.8 Å². The van der Waals surface area contributed by atoms with Crippen LogP contribution < -0.4 is 0 Å². The molecular weight excluding hydrogens is 126 g/mol. The Hall–Kier alpha value is -0.790. The van der Waals surface area contributed by atoms with Gasteiger partial charge in [-0.1, -0.05) is 13.8 Å². The molecule has 0 saturated heterocycles. The number of fused-ring (bicyclic) bond motifs is 1. The van der Waals surface area contributed by atoms with Crippen molar-refractivity contribution in [2.24, 2.45) is 5.41 Å². The lowest BCUT2D eigenvalue weighted by atomic mass is 9.91. The van der Waals surface area contributed by atoms with Gasteiger partial charge in [-0.2, -0.15) is 0 Å². The molecule has 0 aliphatic heterocycles. The third-order valence-electron chi connectivity index (χ3n) is 2.01. The number of oxazole rings is 1. The Kier molecular flexibility index (Phi) is 0.967. The largest absolute Gasteiger partial charge is 0.448 e. The molecule has 2 nitrogen and oxygen atoms in total. The second kappa shape index (κ2) is 1.62. The fraction of sp³-hybridized carbons (Fsp3) is 0.625. The molecule has 0 amide bonds. The molecule has 1 aliphatic carbocycles. The molecule has 10 heavy (non-hydrogen) atoms. The molecule has 0 atom stereocenters. The molecule has 1 aliphatic rings. The van der Waals surface area contributed by atoms with Gasteiger partial charge in [-0.05, 0) is 11.8 Å². The number of hydrogen-bond acceptors (Lipinski definition) is 2. The zero-order chi connectivity index (χ0) is 7.19. The summed E-state index contributed by atoms with van der Waals surface area (Å²) >= 11 is 0. The quantitative estimate of drug-likeness (QED) is 0.545. The van der Waals surface area contributed by atoms with Gasteiger partial charge >= 0.3 is 0 Å². The van der Waals surface area contributed by atoms with Crippen molar-refractivity contribution in [3.05, 3.63) is 17.8 Å². The summed E-state index contributed by atoms with van der Waals surface area (Å²) in [4.78, 5) is 4.13. The lowest BCUT2D eigenvalue weighted by Gasteiger charge is -2.13. The highest BCUT2D eigenvalue weighted by Crippen LogP contribution is 2.34. The fourth-order valence-electron chi connectivity index (χ4n) is 1.53. The maximum Gasteiger partial charge on any atom is 0.181 e. The van der Waals surface area contributed by atoms with Crippen LogP contribution in [0.25, 0.3) is 0 Å². The first kappa shape index (κ1) is 5.96. The molecule has 54 valence electrons. The molecule has 1 aromatic heterocycles. The van der Waals surface area contributed by atoms with Crippen LogP contribution in [0, 0.1) is 5.41 Å². The summed E-state index contributed by atoms with van der Waals surface area (Å²) in [5.74, 6) is 1.09. The third kappa shape index (κ3) is 0.753. The van der Waals surface area contributed by atoms with Crippen LogP contribution in [-0.4, -0.2) is 4.98 Å². The average molecular weight is 137 g/mol. The number of hydrogen-bond donors (Lipinski definition) is 0. The Bertz CT molecular complexity index is 227. The van der Waals surface area contributed by atoms with Crippen LogP contribution in [0.5, 0.6) is 0 Å². The van der Waals surface area contributed by atoms with Crippen LogP contribution in [0.3, 0.4) is 0 Å². The van der Waals surface area contributed by atoms with Gasteiger partial charge in [0.2, 0.25) is 0 Å². The van der Waals surface area contributed by atoms with E-state index in [0.29, 0.717) is 5.41 Å². The molecule has 2 heteroatoms. The van der Waals surface area contributed by atoms with Gasteiger partial charge in [0.15, 0.2) is 6.39 Å². The van der Waals surface area contributed by atoms with Gasteiger partial charge in [0.1, 0.15) is 5.76 Å². The van der Waals surface area contributed by atoms with Crippen LogP contribution in [0.2, 0.25) is 0 Å². The van der Waals surface area contributed by atoms with Gasteiger partial charge in [0, 0.05) is 6.42 Å². The fourth-order valence-corrected chi connectivity index (χ4v) is 1.53. The topological polar surface area (TPSA) is 26.0 Å². The van der Waals surface area contributed by atoms with Crippen LogP contribution in [-0.2, 0) is 12.8 Å². The van der Waals surface area contributed by atoms with Crippen molar-refractivity contribution in [1.82, 2.24) is 4.98 Å². The second-order valence-electron chi connectivity index (χ2n) is 3.74. The zero-order valence-corrected chi connectivity index (χ0v) is 6.35. The van der Waals surface area contributed by atoms with Crippen molar-refractivity contribution in [3.63, 3.8) is 0 Å². The molecule has 0 bridgehead atoms. The Labute approximate surface area is 60.3 Å². The van der Waals surface area contributed by atoms with Crippen molar-refractivity contribution < 1.29 is 4.42 Å². The number of aromatic nitrogens is 1. The predicted molar refractivity (Wildman–Crippen MR) is 37.7 cm³/mol. The van der Waals surface area contributed by atoms with Crippen molar-refractivity contribution in [2.75, 3.05) is 0 Å². The Morgan fingerprint density at radius 2 is 2.30 bits per heavy atom. The van der Waals surface area contributed by atoms with Gasteiger partial charge < -0.3 is 4.42 Å². The minimum Gasteiger partial charge on any atom is -0.448 e. The summed E-state index contributed by atoms with van der Waals surface area (Å²) in [5.41, 5.74) is 1.53. The van der Waals surface area contributed by atoms with E-state index in [1.165, 1.54) is 0 Å². The van der Waals surface area contributed by atoms with Crippen LogP contribution in [0.4, 0.5) is 0 Å². The van der Waals surface area contributed by atoms with Crippen molar-refractivity contribution in [1.29, 1.82) is 0 Å². The van der Waals surface area contributed by atoms with E-state index in [9.17, 15) is 0 Å².